The first-order chi connectivity index (χ1) is 7.12. The van der Waals surface area contributed by atoms with Crippen LogP contribution in [0, 0.1) is 0 Å². The number of hydrogen-bond acceptors (Lipinski definition) is 4. The smallest absolute Gasteiger partial charge is 0.0629 e. The van der Waals surface area contributed by atoms with Gasteiger partial charge in [0, 0.05) is 19.2 Å². The van der Waals surface area contributed by atoms with E-state index in [0.717, 1.165) is 12.8 Å². The van der Waals surface area contributed by atoms with E-state index in [4.69, 9.17) is 10.5 Å². The Morgan fingerprint density at radius 3 is 2.20 bits per heavy atom. The molecule has 0 aliphatic rings. The molecular formula is C11H26N2O2. The predicted molar refractivity (Wildman–Crippen MR) is 62.9 cm³/mol. The number of rotatable bonds is 8. The molecule has 0 aliphatic heterocycles. The number of ether oxygens (including phenoxy) is 1. The van der Waals surface area contributed by atoms with Crippen LogP contribution in [0.1, 0.15) is 26.7 Å². The van der Waals surface area contributed by atoms with Crippen LogP contribution in [0.5, 0.6) is 0 Å². The highest BCUT2D eigenvalue weighted by atomic mass is 16.5. The summed E-state index contributed by atoms with van der Waals surface area (Å²) in [6.45, 7) is 4.87. The minimum Gasteiger partial charge on any atom is -0.395 e. The highest BCUT2D eigenvalue weighted by Gasteiger charge is 2.25. The Morgan fingerprint density at radius 2 is 1.87 bits per heavy atom. The summed E-state index contributed by atoms with van der Waals surface area (Å²) < 4.78 is 5.02. The minimum absolute atomic E-state index is 0.0187. The third-order valence-electron chi connectivity index (χ3n) is 3.08. The third-order valence-corrected chi connectivity index (χ3v) is 3.08. The van der Waals surface area contributed by atoms with Crippen LogP contribution in [-0.2, 0) is 4.74 Å². The molecule has 0 fully saturated rings. The number of aliphatic hydroxyl groups excluding tert-OH is 1. The molecule has 0 aliphatic carbocycles. The Morgan fingerprint density at radius 1 is 1.33 bits per heavy atom. The van der Waals surface area contributed by atoms with Crippen LogP contribution in [0.3, 0.4) is 0 Å². The largest absolute Gasteiger partial charge is 0.395 e. The van der Waals surface area contributed by atoms with Crippen molar-refractivity contribution in [2.24, 2.45) is 5.73 Å². The summed E-state index contributed by atoms with van der Waals surface area (Å²) in [6, 6.07) is 0.325. The number of nitrogens with two attached hydrogens (primary N) is 1. The van der Waals surface area contributed by atoms with Gasteiger partial charge in [0.1, 0.15) is 0 Å². The molecule has 2 unspecified atom stereocenters. The van der Waals surface area contributed by atoms with Crippen molar-refractivity contribution in [1.82, 2.24) is 4.90 Å². The minimum atomic E-state index is -0.134. The number of methoxy groups -OCH3 is 1. The van der Waals surface area contributed by atoms with Gasteiger partial charge in [0.2, 0.25) is 0 Å². The molecule has 0 heterocycles. The van der Waals surface area contributed by atoms with Gasteiger partial charge in [-0.15, -0.1) is 0 Å². The molecule has 4 nitrogen and oxygen atoms in total. The summed E-state index contributed by atoms with van der Waals surface area (Å²) in [5, 5.41) is 9.36. The lowest BCUT2D eigenvalue weighted by Crippen LogP contribution is -2.53. The molecule has 2 atom stereocenters. The summed E-state index contributed by atoms with van der Waals surface area (Å²) in [4.78, 5) is 2.17. The van der Waals surface area contributed by atoms with E-state index in [0.29, 0.717) is 12.6 Å². The van der Waals surface area contributed by atoms with Crippen molar-refractivity contribution >= 4 is 0 Å². The molecule has 3 N–H and O–H groups in total. The molecule has 15 heavy (non-hydrogen) atoms. The summed E-state index contributed by atoms with van der Waals surface area (Å²) >= 11 is 0. The number of likely N-dealkylation sites (N-methyl/N-ethyl adjacent to an activating group) is 1. The van der Waals surface area contributed by atoms with Crippen molar-refractivity contribution < 1.29 is 9.84 Å². The number of hydrogen-bond donors (Lipinski definition) is 2. The van der Waals surface area contributed by atoms with Crippen LogP contribution in [0.4, 0.5) is 0 Å². The zero-order valence-corrected chi connectivity index (χ0v) is 10.4. The molecular weight excluding hydrogens is 192 g/mol. The summed E-state index contributed by atoms with van der Waals surface area (Å²) in [5.74, 6) is 0. The second-order valence-corrected chi connectivity index (χ2v) is 4.00. The zero-order valence-electron chi connectivity index (χ0n) is 10.4. The summed E-state index contributed by atoms with van der Waals surface area (Å²) in [5.41, 5.74) is 5.96. The molecule has 0 aromatic heterocycles. The van der Waals surface area contributed by atoms with Crippen LogP contribution in [-0.4, -0.2) is 55.5 Å². The van der Waals surface area contributed by atoms with Gasteiger partial charge in [0.15, 0.2) is 0 Å². The lowest BCUT2D eigenvalue weighted by molar-refractivity contribution is 0.0588. The van der Waals surface area contributed by atoms with Gasteiger partial charge in [-0.05, 0) is 19.9 Å². The Bertz CT molecular complexity index is 152. The highest BCUT2D eigenvalue weighted by molar-refractivity contribution is 4.83. The molecule has 0 saturated carbocycles. The molecule has 4 heteroatoms. The van der Waals surface area contributed by atoms with Gasteiger partial charge in [-0.1, -0.05) is 13.8 Å². The van der Waals surface area contributed by atoms with Crippen molar-refractivity contribution in [3.05, 3.63) is 0 Å². The van der Waals surface area contributed by atoms with E-state index in [1.54, 1.807) is 7.11 Å². The second-order valence-electron chi connectivity index (χ2n) is 4.00. The molecule has 0 bridgehead atoms. The molecule has 0 radical (unpaired) electrons. The van der Waals surface area contributed by atoms with E-state index >= 15 is 0 Å². The van der Waals surface area contributed by atoms with E-state index in [9.17, 15) is 5.11 Å². The van der Waals surface area contributed by atoms with E-state index in [1.165, 1.54) is 0 Å². The molecule has 0 saturated heterocycles. The van der Waals surface area contributed by atoms with Crippen molar-refractivity contribution in [2.45, 2.75) is 44.8 Å². The lowest BCUT2D eigenvalue weighted by atomic mass is 10.0. The maximum atomic E-state index is 9.36. The van der Waals surface area contributed by atoms with Gasteiger partial charge in [-0.3, -0.25) is 4.90 Å². The standard InChI is InChI=1S/C11H26N2O2/c1-5-9(6-2)13(3)11(7-14)10(12)8-15-4/h9-11,14H,5-8,12H2,1-4H3. The van der Waals surface area contributed by atoms with Crippen LogP contribution in [0.25, 0.3) is 0 Å². The highest BCUT2D eigenvalue weighted by Crippen LogP contribution is 2.12. The second kappa shape index (κ2) is 8.05. The Balaban J connectivity index is 4.36. The van der Waals surface area contributed by atoms with Crippen LogP contribution >= 0.6 is 0 Å². The van der Waals surface area contributed by atoms with Crippen molar-refractivity contribution in [1.29, 1.82) is 0 Å². The van der Waals surface area contributed by atoms with E-state index in [2.05, 4.69) is 18.7 Å². The maximum Gasteiger partial charge on any atom is 0.0629 e. The van der Waals surface area contributed by atoms with Gasteiger partial charge < -0.3 is 15.6 Å². The zero-order chi connectivity index (χ0) is 11.8. The van der Waals surface area contributed by atoms with Crippen LogP contribution in [0.15, 0.2) is 0 Å². The lowest BCUT2D eigenvalue weighted by Gasteiger charge is -2.36. The SMILES string of the molecule is CCC(CC)N(C)C(CO)C(N)COC. The number of nitrogens with zero attached hydrogens (tertiary/aromatic N) is 1. The number of aliphatic hydroxyl groups is 1. The van der Waals surface area contributed by atoms with Crippen LogP contribution in [0.2, 0.25) is 0 Å². The van der Waals surface area contributed by atoms with E-state index in [1.807, 2.05) is 7.05 Å². The molecule has 0 amide bonds. The first-order valence-corrected chi connectivity index (χ1v) is 5.69. The van der Waals surface area contributed by atoms with Gasteiger partial charge >= 0.3 is 0 Å². The fourth-order valence-corrected chi connectivity index (χ4v) is 2.01. The monoisotopic (exact) mass is 218 g/mol. The Hall–Kier alpha value is -0.160. The molecule has 0 aromatic carbocycles. The molecule has 92 valence electrons. The van der Waals surface area contributed by atoms with E-state index in [-0.39, 0.29) is 18.7 Å². The fraction of sp³-hybridized carbons (Fsp3) is 1.00. The maximum absolute atomic E-state index is 9.36. The van der Waals surface area contributed by atoms with Gasteiger partial charge in [-0.2, -0.15) is 0 Å². The Labute approximate surface area is 93.4 Å². The topological polar surface area (TPSA) is 58.7 Å². The normalized spacial score (nSPS) is 16.0. The third kappa shape index (κ3) is 4.47. The first-order valence-electron chi connectivity index (χ1n) is 5.69. The quantitative estimate of drug-likeness (QED) is 0.621. The fourth-order valence-electron chi connectivity index (χ4n) is 2.01. The Kier molecular flexibility index (Phi) is 7.96. The first kappa shape index (κ1) is 14.8. The molecule has 0 spiro atoms. The average molecular weight is 218 g/mol. The molecule has 0 aromatic rings. The van der Waals surface area contributed by atoms with Crippen molar-refractivity contribution in [3.63, 3.8) is 0 Å². The van der Waals surface area contributed by atoms with Gasteiger partial charge in [0.05, 0.1) is 19.3 Å². The average Bonchev–Trinajstić information content (AvgIpc) is 2.21. The van der Waals surface area contributed by atoms with Gasteiger partial charge in [0.25, 0.3) is 0 Å². The van der Waals surface area contributed by atoms with Crippen molar-refractivity contribution in [2.75, 3.05) is 27.4 Å². The molecule has 0 rings (SSSR count). The predicted octanol–water partition coefficient (Wildman–Crippen LogP) is 0.441. The summed E-state index contributed by atoms with van der Waals surface area (Å²) in [7, 11) is 3.65. The van der Waals surface area contributed by atoms with Gasteiger partial charge in [-0.25, -0.2) is 0 Å². The summed E-state index contributed by atoms with van der Waals surface area (Å²) in [6.07, 6.45) is 2.15. The van der Waals surface area contributed by atoms with Crippen molar-refractivity contribution in [3.8, 4) is 0 Å². The van der Waals surface area contributed by atoms with E-state index < -0.39 is 0 Å². The van der Waals surface area contributed by atoms with Crippen LogP contribution < -0.4 is 5.73 Å².